The van der Waals surface area contributed by atoms with Crippen molar-refractivity contribution < 1.29 is 9.53 Å². The molecule has 1 atom stereocenters. The molecule has 0 saturated carbocycles. The van der Waals surface area contributed by atoms with Crippen LogP contribution in [0.4, 0.5) is 5.82 Å². The minimum atomic E-state index is -0.640. The van der Waals surface area contributed by atoms with E-state index in [4.69, 9.17) is 16.3 Å². The molecule has 0 fully saturated rings. The fourth-order valence-electron chi connectivity index (χ4n) is 2.06. The molecule has 0 aliphatic carbocycles. The van der Waals surface area contributed by atoms with E-state index in [0.717, 1.165) is 16.9 Å². The van der Waals surface area contributed by atoms with E-state index in [2.05, 4.69) is 10.3 Å². The summed E-state index contributed by atoms with van der Waals surface area (Å²) < 4.78 is 5.66. The van der Waals surface area contributed by atoms with Gasteiger partial charge in [0.05, 0.1) is 5.02 Å². The van der Waals surface area contributed by atoms with Crippen LogP contribution < -0.4 is 15.0 Å². The van der Waals surface area contributed by atoms with Crippen molar-refractivity contribution in [3.8, 4) is 5.75 Å². The fourth-order valence-corrected chi connectivity index (χ4v) is 2.23. The van der Waals surface area contributed by atoms with Crippen molar-refractivity contribution in [1.82, 2.24) is 10.3 Å². The maximum Gasteiger partial charge on any atom is 0.261 e. The van der Waals surface area contributed by atoms with Crippen LogP contribution in [0.5, 0.6) is 5.75 Å². The Morgan fingerprint density at radius 2 is 2.08 bits per heavy atom. The first-order valence-corrected chi connectivity index (χ1v) is 8.07. The number of ether oxygens (including phenoxy) is 1. The van der Waals surface area contributed by atoms with E-state index in [1.807, 2.05) is 50.2 Å². The molecule has 1 amide bonds. The predicted octanol–water partition coefficient (Wildman–Crippen LogP) is 3.19. The lowest BCUT2D eigenvalue weighted by molar-refractivity contribution is -0.127. The van der Waals surface area contributed by atoms with Gasteiger partial charge < -0.3 is 15.0 Å². The summed E-state index contributed by atoms with van der Waals surface area (Å²) in [7, 11) is 3.86. The minimum Gasteiger partial charge on any atom is -0.479 e. The molecule has 0 aliphatic rings. The fraction of sp³-hybridized carbons (Fsp3) is 0.333. The van der Waals surface area contributed by atoms with Crippen molar-refractivity contribution in [2.24, 2.45) is 0 Å². The Morgan fingerprint density at radius 3 is 2.71 bits per heavy atom. The number of benzene rings is 1. The first-order chi connectivity index (χ1) is 11.4. The molecule has 0 aliphatic heterocycles. The molecular weight excluding hydrogens is 326 g/mol. The molecule has 0 unspecified atom stereocenters. The highest BCUT2D eigenvalue weighted by Gasteiger charge is 2.16. The first-order valence-electron chi connectivity index (χ1n) is 7.69. The Balaban J connectivity index is 1.90. The third-order valence-corrected chi connectivity index (χ3v) is 3.81. The van der Waals surface area contributed by atoms with Crippen LogP contribution in [0, 0.1) is 6.92 Å². The van der Waals surface area contributed by atoms with Crippen molar-refractivity contribution in [2.45, 2.75) is 26.5 Å². The topological polar surface area (TPSA) is 54.5 Å². The summed E-state index contributed by atoms with van der Waals surface area (Å²) in [6, 6.07) is 9.31. The molecule has 1 aromatic carbocycles. The summed E-state index contributed by atoms with van der Waals surface area (Å²) in [5, 5.41) is 3.33. The molecule has 5 nitrogen and oxygen atoms in total. The number of rotatable bonds is 6. The SMILES string of the molecule is Cc1ccc(Cl)c(O[C@@H](C)C(=O)NCc2ccc(N(C)C)nc2)c1. The summed E-state index contributed by atoms with van der Waals surface area (Å²) in [5.41, 5.74) is 1.95. The number of carbonyl (C=O) groups excluding carboxylic acids is 1. The van der Waals surface area contributed by atoms with Crippen molar-refractivity contribution in [3.05, 3.63) is 52.7 Å². The third kappa shape index (κ3) is 4.86. The molecule has 2 aromatic rings. The van der Waals surface area contributed by atoms with Crippen LogP contribution in [0.3, 0.4) is 0 Å². The number of hydrogen-bond acceptors (Lipinski definition) is 4. The van der Waals surface area contributed by atoms with Crippen LogP contribution in [0.25, 0.3) is 0 Å². The minimum absolute atomic E-state index is 0.204. The number of hydrogen-bond donors (Lipinski definition) is 1. The number of pyridine rings is 1. The van der Waals surface area contributed by atoms with Gasteiger partial charge in [0.25, 0.3) is 5.91 Å². The zero-order chi connectivity index (χ0) is 17.7. The van der Waals surface area contributed by atoms with Gasteiger partial charge in [-0.2, -0.15) is 0 Å². The van der Waals surface area contributed by atoms with Gasteiger partial charge in [-0.1, -0.05) is 23.7 Å². The van der Waals surface area contributed by atoms with Crippen molar-refractivity contribution in [3.63, 3.8) is 0 Å². The number of aryl methyl sites for hydroxylation is 1. The monoisotopic (exact) mass is 347 g/mol. The lowest BCUT2D eigenvalue weighted by atomic mass is 10.2. The normalized spacial score (nSPS) is 11.7. The lowest BCUT2D eigenvalue weighted by Gasteiger charge is -2.16. The number of carbonyl (C=O) groups is 1. The van der Waals surface area contributed by atoms with Gasteiger partial charge >= 0.3 is 0 Å². The van der Waals surface area contributed by atoms with Crippen molar-refractivity contribution >= 4 is 23.3 Å². The second kappa shape index (κ2) is 8.02. The molecule has 0 bridgehead atoms. The van der Waals surface area contributed by atoms with Crippen molar-refractivity contribution in [2.75, 3.05) is 19.0 Å². The van der Waals surface area contributed by atoms with Crippen LogP contribution in [0.15, 0.2) is 36.5 Å². The van der Waals surface area contributed by atoms with Gasteiger partial charge in [-0.3, -0.25) is 4.79 Å². The molecule has 24 heavy (non-hydrogen) atoms. The first kappa shape index (κ1) is 18.1. The van der Waals surface area contributed by atoms with E-state index in [9.17, 15) is 4.79 Å². The highest BCUT2D eigenvalue weighted by atomic mass is 35.5. The smallest absolute Gasteiger partial charge is 0.261 e. The molecule has 0 radical (unpaired) electrons. The number of nitrogens with one attached hydrogen (secondary N) is 1. The molecule has 1 N–H and O–H groups in total. The van der Waals surface area contributed by atoms with E-state index in [1.165, 1.54) is 0 Å². The van der Waals surface area contributed by atoms with Crippen LogP contribution in [0.2, 0.25) is 5.02 Å². The van der Waals surface area contributed by atoms with Crippen LogP contribution in [0.1, 0.15) is 18.1 Å². The van der Waals surface area contributed by atoms with Crippen LogP contribution in [-0.2, 0) is 11.3 Å². The van der Waals surface area contributed by atoms with Gasteiger partial charge in [0, 0.05) is 26.8 Å². The maximum absolute atomic E-state index is 12.2. The molecule has 0 saturated heterocycles. The molecule has 1 heterocycles. The Labute approximate surface area is 147 Å². The average Bonchev–Trinajstić information content (AvgIpc) is 2.56. The number of aromatic nitrogens is 1. The quantitative estimate of drug-likeness (QED) is 0.872. The lowest BCUT2D eigenvalue weighted by Crippen LogP contribution is -2.36. The predicted molar refractivity (Wildman–Crippen MR) is 96.7 cm³/mol. The zero-order valence-electron chi connectivity index (χ0n) is 14.3. The largest absolute Gasteiger partial charge is 0.479 e. The summed E-state index contributed by atoms with van der Waals surface area (Å²) >= 11 is 6.09. The number of halogens is 1. The summed E-state index contributed by atoms with van der Waals surface area (Å²) in [6.07, 6.45) is 1.11. The number of nitrogens with zero attached hydrogens (tertiary/aromatic N) is 2. The second-order valence-electron chi connectivity index (χ2n) is 5.83. The Kier molecular flexibility index (Phi) is 6.04. The van der Waals surface area contributed by atoms with Gasteiger partial charge in [0.2, 0.25) is 0 Å². The van der Waals surface area contributed by atoms with Crippen LogP contribution in [-0.4, -0.2) is 31.1 Å². The highest BCUT2D eigenvalue weighted by Crippen LogP contribution is 2.26. The number of amides is 1. The van der Waals surface area contributed by atoms with E-state index >= 15 is 0 Å². The second-order valence-corrected chi connectivity index (χ2v) is 6.24. The van der Waals surface area contributed by atoms with Crippen molar-refractivity contribution in [1.29, 1.82) is 0 Å². The Morgan fingerprint density at radius 1 is 1.33 bits per heavy atom. The molecule has 2 rings (SSSR count). The standard InChI is InChI=1S/C18H22ClN3O2/c1-12-5-7-15(19)16(9-12)24-13(2)18(23)21-11-14-6-8-17(20-10-14)22(3)4/h5-10,13H,11H2,1-4H3,(H,21,23)/t13-/m0/s1. The van der Waals surface area contributed by atoms with Gasteiger partial charge in [-0.15, -0.1) is 0 Å². The third-order valence-electron chi connectivity index (χ3n) is 3.49. The Bertz CT molecular complexity index is 702. The summed E-state index contributed by atoms with van der Waals surface area (Å²) in [4.78, 5) is 18.4. The average molecular weight is 348 g/mol. The summed E-state index contributed by atoms with van der Waals surface area (Å²) in [6.45, 7) is 4.04. The van der Waals surface area contributed by atoms with Gasteiger partial charge in [-0.25, -0.2) is 4.98 Å². The van der Waals surface area contributed by atoms with E-state index in [1.54, 1.807) is 19.2 Å². The molecule has 128 valence electrons. The molecule has 1 aromatic heterocycles. The van der Waals surface area contributed by atoms with Gasteiger partial charge in [-0.05, 0) is 43.2 Å². The summed E-state index contributed by atoms with van der Waals surface area (Å²) in [5.74, 6) is 1.18. The molecule has 6 heteroatoms. The molecule has 0 spiro atoms. The zero-order valence-corrected chi connectivity index (χ0v) is 15.1. The highest BCUT2D eigenvalue weighted by molar-refractivity contribution is 6.32. The Hall–Kier alpha value is -2.27. The van der Waals surface area contributed by atoms with Crippen LogP contribution >= 0.6 is 11.6 Å². The van der Waals surface area contributed by atoms with Gasteiger partial charge in [0.15, 0.2) is 6.10 Å². The molecular formula is C18H22ClN3O2. The van der Waals surface area contributed by atoms with E-state index in [0.29, 0.717) is 17.3 Å². The van der Waals surface area contributed by atoms with E-state index < -0.39 is 6.10 Å². The number of anilines is 1. The maximum atomic E-state index is 12.2. The van der Waals surface area contributed by atoms with Gasteiger partial charge in [0.1, 0.15) is 11.6 Å². The van der Waals surface area contributed by atoms with E-state index in [-0.39, 0.29) is 5.91 Å².